The fourth-order valence-corrected chi connectivity index (χ4v) is 3.66. The van der Waals surface area contributed by atoms with Crippen molar-refractivity contribution in [3.05, 3.63) is 64.8 Å². The van der Waals surface area contributed by atoms with Gasteiger partial charge in [0, 0.05) is 30.7 Å². The van der Waals surface area contributed by atoms with Crippen molar-refractivity contribution in [2.24, 2.45) is 0 Å². The maximum Gasteiger partial charge on any atom is 0.490 e. The van der Waals surface area contributed by atoms with Crippen LogP contribution in [0.5, 0.6) is 0 Å². The van der Waals surface area contributed by atoms with E-state index in [4.69, 9.17) is 9.90 Å². The second-order valence-corrected chi connectivity index (χ2v) is 7.61. The van der Waals surface area contributed by atoms with Crippen molar-refractivity contribution in [2.75, 3.05) is 19.6 Å². The molecule has 1 saturated heterocycles. The quantitative estimate of drug-likeness (QED) is 0.625. The first kappa shape index (κ1) is 23.5. The summed E-state index contributed by atoms with van der Waals surface area (Å²) in [6, 6.07) is 10.6. The van der Waals surface area contributed by atoms with Crippen LogP contribution < -0.4 is 5.56 Å². The number of benzene rings is 1. The first-order chi connectivity index (χ1) is 15.3. The summed E-state index contributed by atoms with van der Waals surface area (Å²) in [7, 11) is 0. The predicted octanol–water partition coefficient (Wildman–Crippen LogP) is 4.25. The number of pyridine rings is 2. The summed E-state index contributed by atoms with van der Waals surface area (Å²) < 4.78 is 31.7. The topological polar surface area (TPSA) is 86.3 Å². The van der Waals surface area contributed by atoms with Crippen molar-refractivity contribution in [2.45, 2.75) is 31.9 Å². The number of rotatable bonds is 4. The molecule has 0 spiro atoms. The number of carbonyl (C=O) groups is 1. The van der Waals surface area contributed by atoms with E-state index in [1.807, 2.05) is 12.3 Å². The number of hydrogen-bond acceptors (Lipinski definition) is 4. The smallest absolute Gasteiger partial charge is 0.475 e. The van der Waals surface area contributed by atoms with Crippen molar-refractivity contribution in [1.82, 2.24) is 14.9 Å². The summed E-state index contributed by atoms with van der Waals surface area (Å²) in [6.45, 7) is 3.63. The third kappa shape index (κ3) is 6.16. The highest BCUT2D eigenvalue weighted by molar-refractivity contribution is 5.95. The molecule has 170 valence electrons. The monoisotopic (exact) mass is 447 g/mol. The van der Waals surface area contributed by atoms with Crippen LogP contribution in [0.1, 0.15) is 24.8 Å². The lowest BCUT2D eigenvalue weighted by Gasteiger charge is -2.26. The minimum atomic E-state index is -5.08. The Bertz CT molecular complexity index is 1110. The number of nitrogens with zero attached hydrogens (tertiary/aromatic N) is 2. The molecule has 1 fully saturated rings. The van der Waals surface area contributed by atoms with E-state index in [1.165, 1.54) is 37.9 Å². The number of likely N-dealkylation sites (tertiary alicyclic amines) is 1. The average Bonchev–Trinajstić information content (AvgIpc) is 2.79. The van der Waals surface area contributed by atoms with Crippen LogP contribution >= 0.6 is 0 Å². The molecule has 0 amide bonds. The zero-order valence-corrected chi connectivity index (χ0v) is 17.4. The number of alkyl halides is 3. The first-order valence-corrected chi connectivity index (χ1v) is 10.3. The zero-order valence-electron chi connectivity index (χ0n) is 17.4. The van der Waals surface area contributed by atoms with Gasteiger partial charge < -0.3 is 15.0 Å². The van der Waals surface area contributed by atoms with E-state index in [0.29, 0.717) is 5.39 Å². The molecule has 32 heavy (non-hydrogen) atoms. The summed E-state index contributed by atoms with van der Waals surface area (Å²) >= 11 is 0. The number of carboxylic acids is 1. The van der Waals surface area contributed by atoms with Crippen LogP contribution in [0.2, 0.25) is 0 Å². The second kappa shape index (κ2) is 10.4. The largest absolute Gasteiger partial charge is 0.490 e. The molecule has 2 N–H and O–H groups in total. The Morgan fingerprint density at radius 3 is 2.31 bits per heavy atom. The molecule has 0 bridgehead atoms. The fourth-order valence-electron chi connectivity index (χ4n) is 3.66. The minimum absolute atomic E-state index is 0.0926. The van der Waals surface area contributed by atoms with Crippen LogP contribution in [0.4, 0.5) is 13.2 Å². The molecule has 3 heterocycles. The van der Waals surface area contributed by atoms with Crippen LogP contribution in [0, 0.1) is 0 Å². The number of piperidine rings is 1. The number of aromatic nitrogens is 2. The molecule has 0 saturated carbocycles. The van der Waals surface area contributed by atoms with E-state index in [-0.39, 0.29) is 5.56 Å². The highest BCUT2D eigenvalue weighted by Crippen LogP contribution is 2.26. The molecule has 1 aromatic carbocycles. The van der Waals surface area contributed by atoms with E-state index < -0.39 is 12.1 Å². The lowest BCUT2D eigenvalue weighted by Crippen LogP contribution is -2.31. The van der Waals surface area contributed by atoms with Crippen LogP contribution in [0.25, 0.3) is 21.9 Å². The molecule has 0 radical (unpaired) electrons. The number of hydrogen-bond donors (Lipinski definition) is 2. The van der Waals surface area contributed by atoms with Gasteiger partial charge in [0.2, 0.25) is 0 Å². The molecule has 3 aromatic rings. The second-order valence-electron chi connectivity index (χ2n) is 7.61. The maximum absolute atomic E-state index is 12.0. The normalized spacial score (nSPS) is 14.6. The van der Waals surface area contributed by atoms with Crippen molar-refractivity contribution in [1.29, 1.82) is 0 Å². The molecule has 0 aliphatic carbocycles. The predicted molar refractivity (Wildman–Crippen MR) is 115 cm³/mol. The molecule has 2 aromatic heterocycles. The van der Waals surface area contributed by atoms with Crippen LogP contribution in [-0.4, -0.2) is 51.8 Å². The van der Waals surface area contributed by atoms with E-state index in [0.717, 1.165) is 29.5 Å². The van der Waals surface area contributed by atoms with E-state index in [2.05, 4.69) is 39.1 Å². The molecule has 0 unspecified atom stereocenters. The number of H-pyrrole nitrogens is 1. The minimum Gasteiger partial charge on any atom is -0.475 e. The van der Waals surface area contributed by atoms with Crippen molar-refractivity contribution in [3.63, 3.8) is 0 Å². The van der Waals surface area contributed by atoms with Crippen LogP contribution in [0.3, 0.4) is 0 Å². The molecular formula is C23H24F3N3O3. The number of aromatic amines is 1. The zero-order chi connectivity index (χ0) is 23.1. The van der Waals surface area contributed by atoms with E-state index >= 15 is 0 Å². The number of carboxylic acid groups (broad SMARTS) is 1. The van der Waals surface area contributed by atoms with Crippen LogP contribution in [0.15, 0.2) is 53.7 Å². The summed E-state index contributed by atoms with van der Waals surface area (Å²) in [5.74, 6) is -2.76. The van der Waals surface area contributed by atoms with Gasteiger partial charge in [-0.2, -0.15) is 13.2 Å². The van der Waals surface area contributed by atoms with Gasteiger partial charge in [0.05, 0.1) is 5.39 Å². The average molecular weight is 447 g/mol. The third-order valence-corrected chi connectivity index (χ3v) is 5.37. The number of fused-ring (bicyclic) bond motifs is 1. The summed E-state index contributed by atoms with van der Waals surface area (Å²) in [5, 5.41) is 8.70. The fraction of sp³-hybridized carbons (Fsp3) is 0.348. The SMILES string of the molecule is O=C(O)C(F)(F)F.O=c1[nH]ccc2c(-c3ccc(CCN4CCCCC4)cc3)cncc12. The highest BCUT2D eigenvalue weighted by atomic mass is 19.4. The van der Waals surface area contributed by atoms with E-state index in [1.54, 1.807) is 12.4 Å². The van der Waals surface area contributed by atoms with Gasteiger partial charge in [-0.1, -0.05) is 30.7 Å². The van der Waals surface area contributed by atoms with Gasteiger partial charge in [0.25, 0.3) is 5.56 Å². The van der Waals surface area contributed by atoms with Gasteiger partial charge in [-0.3, -0.25) is 9.78 Å². The summed E-state index contributed by atoms with van der Waals surface area (Å²) in [5.41, 5.74) is 3.38. The van der Waals surface area contributed by atoms with Crippen molar-refractivity contribution in [3.8, 4) is 11.1 Å². The van der Waals surface area contributed by atoms with Gasteiger partial charge in [0.1, 0.15) is 0 Å². The van der Waals surface area contributed by atoms with Crippen LogP contribution in [-0.2, 0) is 11.2 Å². The Balaban J connectivity index is 0.000000360. The molecule has 0 atom stereocenters. The summed E-state index contributed by atoms with van der Waals surface area (Å²) in [6.07, 6.45) is 5.23. The standard InChI is InChI=1S/C21H23N3O.C2HF3O2/c25-21-20-15-22-14-19(18(20)8-10-23-21)17-6-4-16(5-7-17)9-13-24-11-2-1-3-12-24;3-2(4,5)1(6)7/h4-8,10,14-15H,1-3,9,11-13H2,(H,23,25);(H,6,7). The molecule has 6 nitrogen and oxygen atoms in total. The first-order valence-electron chi connectivity index (χ1n) is 10.3. The molecule has 1 aliphatic rings. The molecular weight excluding hydrogens is 423 g/mol. The Hall–Kier alpha value is -3.20. The molecule has 4 rings (SSSR count). The molecule has 1 aliphatic heterocycles. The lowest BCUT2D eigenvalue weighted by atomic mass is 10.00. The number of nitrogens with one attached hydrogen (secondary N) is 1. The van der Waals surface area contributed by atoms with E-state index in [9.17, 15) is 18.0 Å². The van der Waals surface area contributed by atoms with Gasteiger partial charge >= 0.3 is 12.1 Å². The lowest BCUT2D eigenvalue weighted by molar-refractivity contribution is -0.192. The number of halogens is 3. The third-order valence-electron chi connectivity index (χ3n) is 5.37. The highest BCUT2D eigenvalue weighted by Gasteiger charge is 2.38. The Labute approximate surface area is 182 Å². The summed E-state index contributed by atoms with van der Waals surface area (Å²) in [4.78, 5) is 30.4. The van der Waals surface area contributed by atoms with Crippen molar-refractivity contribution < 1.29 is 23.1 Å². The van der Waals surface area contributed by atoms with Gasteiger partial charge in [-0.15, -0.1) is 0 Å². The molecule has 9 heteroatoms. The Kier molecular flexibility index (Phi) is 7.63. The van der Waals surface area contributed by atoms with Gasteiger partial charge in [0.15, 0.2) is 0 Å². The Morgan fingerprint density at radius 2 is 1.69 bits per heavy atom. The van der Waals surface area contributed by atoms with Gasteiger partial charge in [-0.25, -0.2) is 4.79 Å². The Morgan fingerprint density at radius 1 is 1.03 bits per heavy atom. The number of aliphatic carboxylic acids is 1. The van der Waals surface area contributed by atoms with Gasteiger partial charge in [-0.05, 0) is 54.9 Å². The maximum atomic E-state index is 12.0. The van der Waals surface area contributed by atoms with Crippen molar-refractivity contribution >= 4 is 16.7 Å².